The van der Waals surface area contributed by atoms with Crippen LogP contribution in [0.3, 0.4) is 0 Å². The second-order valence-electron chi connectivity index (χ2n) is 4.01. The second-order valence-corrected chi connectivity index (χ2v) is 4.83. The number of carbonyl (C=O) groups excluding carboxylic acids is 1. The summed E-state index contributed by atoms with van der Waals surface area (Å²) >= 11 is 11.4. The largest absolute Gasteiger partial charge is 0.375 e. The molecule has 0 atom stereocenters. The molecule has 0 aliphatic carbocycles. The van der Waals surface area contributed by atoms with E-state index >= 15 is 0 Å². The van der Waals surface area contributed by atoms with E-state index in [0.717, 1.165) is 11.6 Å². The zero-order chi connectivity index (χ0) is 14.4. The first kappa shape index (κ1) is 16.0. The third kappa shape index (κ3) is 5.19. The first-order valence-corrected chi connectivity index (χ1v) is 6.32. The van der Waals surface area contributed by atoms with Crippen LogP contribution in [0, 0.1) is 5.82 Å². The molecule has 0 fully saturated rings. The van der Waals surface area contributed by atoms with Crippen molar-refractivity contribution in [3.63, 3.8) is 0 Å². The molecule has 0 bridgehead atoms. The van der Waals surface area contributed by atoms with E-state index in [-0.39, 0.29) is 15.6 Å². The van der Waals surface area contributed by atoms with Crippen molar-refractivity contribution in [1.29, 1.82) is 0 Å². The Morgan fingerprint density at radius 1 is 1.42 bits per heavy atom. The molecule has 1 aromatic carbocycles. The molecular formula is C13H14Cl2FNO2. The fourth-order valence-corrected chi connectivity index (χ4v) is 1.74. The normalized spacial score (nSPS) is 10.3. The van der Waals surface area contributed by atoms with Gasteiger partial charge in [0.15, 0.2) is 0 Å². The van der Waals surface area contributed by atoms with Crippen molar-refractivity contribution >= 4 is 29.1 Å². The minimum Gasteiger partial charge on any atom is -0.375 e. The Morgan fingerprint density at radius 2 is 2.11 bits per heavy atom. The molecule has 1 amide bonds. The van der Waals surface area contributed by atoms with Crippen molar-refractivity contribution in [1.82, 2.24) is 5.32 Å². The number of nitrogens with one attached hydrogen (secondary N) is 1. The highest BCUT2D eigenvalue weighted by Gasteiger charge is 2.13. The summed E-state index contributed by atoms with van der Waals surface area (Å²) in [5, 5.41) is 2.56. The smallest absolute Gasteiger partial charge is 0.252 e. The average Bonchev–Trinajstić information content (AvgIpc) is 2.32. The third-order valence-electron chi connectivity index (χ3n) is 2.14. The average molecular weight is 306 g/mol. The molecule has 104 valence electrons. The van der Waals surface area contributed by atoms with Crippen molar-refractivity contribution in [3.05, 3.63) is 45.7 Å². The van der Waals surface area contributed by atoms with Crippen LogP contribution in [0.5, 0.6) is 0 Å². The van der Waals surface area contributed by atoms with Gasteiger partial charge in [-0.05, 0) is 19.1 Å². The quantitative estimate of drug-likeness (QED) is 0.496. The van der Waals surface area contributed by atoms with Crippen LogP contribution >= 0.6 is 23.2 Å². The van der Waals surface area contributed by atoms with Crippen molar-refractivity contribution in [3.8, 4) is 0 Å². The maximum Gasteiger partial charge on any atom is 0.252 e. The van der Waals surface area contributed by atoms with Gasteiger partial charge in [-0.1, -0.05) is 35.4 Å². The molecule has 0 heterocycles. The summed E-state index contributed by atoms with van der Waals surface area (Å²) in [6.07, 6.45) is 0. The molecule has 0 aliphatic heterocycles. The Morgan fingerprint density at radius 3 is 2.74 bits per heavy atom. The van der Waals surface area contributed by atoms with Gasteiger partial charge in [0.05, 0.1) is 28.8 Å². The lowest BCUT2D eigenvalue weighted by Gasteiger charge is -2.08. The topological polar surface area (TPSA) is 38.3 Å². The van der Waals surface area contributed by atoms with Gasteiger partial charge in [0.25, 0.3) is 5.91 Å². The van der Waals surface area contributed by atoms with Crippen LogP contribution in [0.4, 0.5) is 4.39 Å². The minimum atomic E-state index is -0.685. The molecule has 0 unspecified atom stereocenters. The number of benzene rings is 1. The van der Waals surface area contributed by atoms with Gasteiger partial charge < -0.3 is 10.1 Å². The van der Waals surface area contributed by atoms with Crippen molar-refractivity contribution in [2.24, 2.45) is 0 Å². The van der Waals surface area contributed by atoms with E-state index in [2.05, 4.69) is 11.9 Å². The molecule has 1 rings (SSSR count). The number of ether oxygens (including phenoxy) is 1. The Hall–Kier alpha value is -1.10. The summed E-state index contributed by atoms with van der Waals surface area (Å²) in [6.45, 7) is 6.60. The number of halogens is 3. The van der Waals surface area contributed by atoms with Crippen molar-refractivity contribution < 1.29 is 13.9 Å². The summed E-state index contributed by atoms with van der Waals surface area (Å²) in [4.78, 5) is 11.7. The highest BCUT2D eigenvalue weighted by atomic mass is 35.5. The third-order valence-corrected chi connectivity index (χ3v) is 2.74. The highest BCUT2D eigenvalue weighted by Crippen LogP contribution is 2.24. The lowest BCUT2D eigenvalue weighted by Crippen LogP contribution is -2.27. The van der Waals surface area contributed by atoms with Crippen molar-refractivity contribution in [2.45, 2.75) is 6.92 Å². The van der Waals surface area contributed by atoms with Crippen LogP contribution in [0.25, 0.3) is 0 Å². The lowest BCUT2D eigenvalue weighted by atomic mass is 10.2. The number of amides is 1. The van der Waals surface area contributed by atoms with Crippen LogP contribution in [0.15, 0.2) is 24.3 Å². The van der Waals surface area contributed by atoms with Gasteiger partial charge in [0.1, 0.15) is 5.82 Å². The van der Waals surface area contributed by atoms with Crippen LogP contribution < -0.4 is 5.32 Å². The molecule has 1 N–H and O–H groups in total. The van der Waals surface area contributed by atoms with E-state index in [0.29, 0.717) is 19.8 Å². The second kappa shape index (κ2) is 7.48. The maximum absolute atomic E-state index is 13.2. The standard InChI is InChI=1S/C13H14Cl2FNO2/c1-8(2)7-19-4-3-17-13(18)9-5-12(16)11(15)6-10(9)14/h5-6H,1,3-4,7H2,2H3,(H,17,18). The summed E-state index contributed by atoms with van der Waals surface area (Å²) in [6, 6.07) is 2.21. The molecule has 1 aromatic rings. The fourth-order valence-electron chi connectivity index (χ4n) is 1.27. The fraction of sp³-hybridized carbons (Fsp3) is 0.308. The summed E-state index contributed by atoms with van der Waals surface area (Å²) in [7, 11) is 0. The summed E-state index contributed by atoms with van der Waals surface area (Å²) in [5.74, 6) is -1.16. The molecule has 0 spiro atoms. The van der Waals surface area contributed by atoms with E-state index in [1.165, 1.54) is 6.07 Å². The molecule has 0 saturated heterocycles. The van der Waals surface area contributed by atoms with E-state index < -0.39 is 11.7 Å². The number of carbonyl (C=O) groups is 1. The first-order chi connectivity index (χ1) is 8.91. The van der Waals surface area contributed by atoms with Gasteiger partial charge in [-0.25, -0.2) is 4.39 Å². The van der Waals surface area contributed by atoms with Crippen LogP contribution in [-0.4, -0.2) is 25.7 Å². The highest BCUT2D eigenvalue weighted by molar-refractivity contribution is 6.36. The van der Waals surface area contributed by atoms with Crippen LogP contribution in [0.2, 0.25) is 10.0 Å². The Bertz CT molecular complexity index is 492. The van der Waals surface area contributed by atoms with E-state index in [1.807, 2.05) is 6.92 Å². The van der Waals surface area contributed by atoms with Gasteiger partial charge in [-0.15, -0.1) is 0 Å². The Balaban J connectivity index is 2.50. The Labute approximate surface area is 121 Å². The van der Waals surface area contributed by atoms with Crippen molar-refractivity contribution in [2.75, 3.05) is 19.8 Å². The molecule has 6 heteroatoms. The zero-order valence-corrected chi connectivity index (χ0v) is 11.9. The number of hydrogen-bond donors (Lipinski definition) is 1. The monoisotopic (exact) mass is 305 g/mol. The molecule has 0 radical (unpaired) electrons. The van der Waals surface area contributed by atoms with Gasteiger partial charge >= 0.3 is 0 Å². The summed E-state index contributed by atoms with van der Waals surface area (Å²) < 4.78 is 18.5. The number of hydrogen-bond acceptors (Lipinski definition) is 2. The molecule has 3 nitrogen and oxygen atoms in total. The van der Waals surface area contributed by atoms with E-state index in [9.17, 15) is 9.18 Å². The molecule has 0 saturated carbocycles. The van der Waals surface area contributed by atoms with Gasteiger partial charge in [0.2, 0.25) is 0 Å². The maximum atomic E-state index is 13.2. The number of rotatable bonds is 6. The molecule has 0 aromatic heterocycles. The van der Waals surface area contributed by atoms with Crippen LogP contribution in [-0.2, 0) is 4.74 Å². The molecule has 19 heavy (non-hydrogen) atoms. The summed E-state index contributed by atoms with van der Waals surface area (Å²) in [5.41, 5.74) is 0.942. The lowest BCUT2D eigenvalue weighted by molar-refractivity contribution is 0.0926. The molecular weight excluding hydrogens is 292 g/mol. The zero-order valence-electron chi connectivity index (χ0n) is 10.4. The predicted octanol–water partition coefficient (Wildman–Crippen LogP) is 3.46. The van der Waals surface area contributed by atoms with Gasteiger partial charge in [-0.3, -0.25) is 4.79 Å². The minimum absolute atomic E-state index is 0.0449. The predicted molar refractivity (Wildman–Crippen MR) is 74.4 cm³/mol. The van der Waals surface area contributed by atoms with E-state index in [4.69, 9.17) is 27.9 Å². The SMILES string of the molecule is C=C(C)COCCNC(=O)c1cc(F)c(Cl)cc1Cl. The molecule has 0 aliphatic rings. The Kier molecular flexibility index (Phi) is 6.28. The van der Waals surface area contributed by atoms with E-state index in [1.54, 1.807) is 0 Å². The van der Waals surface area contributed by atoms with Crippen LogP contribution in [0.1, 0.15) is 17.3 Å². The van der Waals surface area contributed by atoms with Gasteiger partial charge in [0, 0.05) is 6.54 Å². The van der Waals surface area contributed by atoms with Gasteiger partial charge in [-0.2, -0.15) is 0 Å². The first-order valence-electron chi connectivity index (χ1n) is 5.56.